The second-order valence-electron chi connectivity index (χ2n) is 7.02. The van der Waals surface area contributed by atoms with Gasteiger partial charge in [0.05, 0.1) is 5.60 Å². The normalized spacial score (nSPS) is 19.3. The van der Waals surface area contributed by atoms with E-state index in [0.717, 1.165) is 38.0 Å². The molecule has 1 aliphatic rings. The largest absolute Gasteiger partial charge is 0.384 e. The maximum absolute atomic E-state index is 13.0. The number of hydrogen-bond acceptors (Lipinski definition) is 3. The van der Waals surface area contributed by atoms with Crippen molar-refractivity contribution in [2.75, 3.05) is 26.2 Å². The first-order valence-corrected chi connectivity index (χ1v) is 8.44. The fourth-order valence-corrected chi connectivity index (χ4v) is 2.89. The van der Waals surface area contributed by atoms with Gasteiger partial charge in [0.2, 0.25) is 0 Å². The fraction of sp³-hybridized carbons (Fsp3) is 0.579. The number of halogens is 1. The van der Waals surface area contributed by atoms with Gasteiger partial charge in [0.1, 0.15) is 5.82 Å². The zero-order chi connectivity index (χ0) is 16.9. The number of hydrogen-bond donors (Lipinski definition) is 2. The first kappa shape index (κ1) is 18.1. The summed E-state index contributed by atoms with van der Waals surface area (Å²) in [4.78, 5) is 2.46. The van der Waals surface area contributed by atoms with Crippen LogP contribution in [0.2, 0.25) is 0 Å². The highest BCUT2D eigenvalue weighted by molar-refractivity contribution is 5.22. The summed E-state index contributed by atoms with van der Waals surface area (Å²) >= 11 is 0. The molecule has 23 heavy (non-hydrogen) atoms. The van der Waals surface area contributed by atoms with E-state index in [0.29, 0.717) is 12.6 Å². The summed E-state index contributed by atoms with van der Waals surface area (Å²) in [6, 6.07) is 6.53. The Kier molecular flexibility index (Phi) is 6.33. The highest BCUT2D eigenvalue weighted by Crippen LogP contribution is 2.21. The van der Waals surface area contributed by atoms with Crippen LogP contribution in [0.4, 0.5) is 4.39 Å². The summed E-state index contributed by atoms with van der Waals surface area (Å²) in [5, 5.41) is 14.1. The molecule has 1 atom stereocenters. The molecule has 1 aromatic carbocycles. The lowest BCUT2D eigenvalue weighted by molar-refractivity contribution is 0.0504. The molecule has 0 aliphatic carbocycles. The van der Waals surface area contributed by atoms with E-state index in [1.54, 1.807) is 19.1 Å². The number of nitrogens with zero attached hydrogens (tertiary/aromatic N) is 1. The third kappa shape index (κ3) is 5.72. The lowest BCUT2D eigenvalue weighted by atomic mass is 9.95. The minimum absolute atomic E-state index is 0.277. The van der Waals surface area contributed by atoms with Crippen molar-refractivity contribution in [1.29, 1.82) is 0 Å². The maximum atomic E-state index is 13.0. The molecule has 0 spiro atoms. The summed E-state index contributed by atoms with van der Waals surface area (Å²) in [6.07, 6.45) is 4.46. The molecule has 128 valence electrons. The van der Waals surface area contributed by atoms with Crippen LogP contribution in [0.25, 0.3) is 0 Å². The molecule has 0 aromatic heterocycles. The quantitative estimate of drug-likeness (QED) is 0.791. The van der Waals surface area contributed by atoms with E-state index in [1.807, 2.05) is 0 Å². The van der Waals surface area contributed by atoms with Gasteiger partial charge in [-0.05, 0) is 64.4 Å². The van der Waals surface area contributed by atoms with Gasteiger partial charge in [-0.2, -0.15) is 0 Å². The van der Waals surface area contributed by atoms with Crippen LogP contribution in [-0.2, 0) is 5.60 Å². The average molecular weight is 320 g/mol. The lowest BCUT2D eigenvalue weighted by Gasteiger charge is -2.34. The van der Waals surface area contributed by atoms with Crippen molar-refractivity contribution in [2.45, 2.75) is 45.3 Å². The number of allylic oxidation sites excluding steroid dienone is 1. The second-order valence-corrected chi connectivity index (χ2v) is 7.02. The summed E-state index contributed by atoms with van der Waals surface area (Å²) in [5.41, 5.74) is 1.13. The molecule has 2 rings (SSSR count). The van der Waals surface area contributed by atoms with E-state index in [1.165, 1.54) is 17.7 Å². The molecule has 1 heterocycles. The Morgan fingerprint density at radius 1 is 1.30 bits per heavy atom. The molecule has 0 bridgehead atoms. The Labute approximate surface area is 139 Å². The van der Waals surface area contributed by atoms with Gasteiger partial charge in [-0.15, -0.1) is 0 Å². The number of likely N-dealkylation sites (tertiary alicyclic amines) is 1. The van der Waals surface area contributed by atoms with Crippen molar-refractivity contribution in [3.63, 3.8) is 0 Å². The van der Waals surface area contributed by atoms with Crippen molar-refractivity contribution < 1.29 is 9.50 Å². The third-order valence-electron chi connectivity index (χ3n) is 4.55. The van der Waals surface area contributed by atoms with Crippen molar-refractivity contribution in [1.82, 2.24) is 10.2 Å². The van der Waals surface area contributed by atoms with Crippen LogP contribution in [0.15, 0.2) is 35.9 Å². The van der Waals surface area contributed by atoms with E-state index in [9.17, 15) is 9.50 Å². The van der Waals surface area contributed by atoms with Crippen LogP contribution in [0, 0.1) is 5.82 Å². The lowest BCUT2D eigenvalue weighted by Crippen LogP contribution is -2.46. The smallest absolute Gasteiger partial charge is 0.123 e. The summed E-state index contributed by atoms with van der Waals surface area (Å²) in [5.74, 6) is -0.277. The van der Waals surface area contributed by atoms with E-state index in [-0.39, 0.29) is 5.82 Å². The minimum Gasteiger partial charge on any atom is -0.384 e. The Hall–Kier alpha value is -1.23. The van der Waals surface area contributed by atoms with Gasteiger partial charge in [-0.3, -0.25) is 4.90 Å². The van der Waals surface area contributed by atoms with Gasteiger partial charge in [0.15, 0.2) is 0 Å². The van der Waals surface area contributed by atoms with Gasteiger partial charge in [0, 0.05) is 19.1 Å². The molecule has 0 radical (unpaired) electrons. The Morgan fingerprint density at radius 3 is 2.48 bits per heavy atom. The third-order valence-corrected chi connectivity index (χ3v) is 4.55. The number of aliphatic hydroxyl groups is 1. The molecule has 4 heteroatoms. The highest BCUT2D eigenvalue weighted by Gasteiger charge is 2.25. The molecule has 0 saturated carbocycles. The van der Waals surface area contributed by atoms with E-state index >= 15 is 0 Å². The van der Waals surface area contributed by atoms with Crippen LogP contribution in [0.3, 0.4) is 0 Å². The van der Waals surface area contributed by atoms with Gasteiger partial charge in [-0.25, -0.2) is 4.39 Å². The van der Waals surface area contributed by atoms with Crippen molar-refractivity contribution in [3.05, 3.63) is 47.3 Å². The predicted octanol–water partition coefficient (Wildman–Crippen LogP) is 3.05. The molecule has 1 aromatic rings. The van der Waals surface area contributed by atoms with Gasteiger partial charge in [-0.1, -0.05) is 23.8 Å². The highest BCUT2D eigenvalue weighted by atomic mass is 19.1. The molecule has 3 nitrogen and oxygen atoms in total. The Bertz CT molecular complexity index is 513. The number of rotatable bonds is 6. The summed E-state index contributed by atoms with van der Waals surface area (Å²) in [7, 11) is 0. The van der Waals surface area contributed by atoms with Crippen LogP contribution >= 0.6 is 0 Å². The topological polar surface area (TPSA) is 35.5 Å². The molecular formula is C19H29FN2O. The molecule has 1 saturated heterocycles. The maximum Gasteiger partial charge on any atom is 0.123 e. The summed E-state index contributed by atoms with van der Waals surface area (Å²) in [6.45, 7) is 9.72. The SMILES string of the molecule is CC(C)=CCN1CCC(NC[C@@](C)(O)c2ccc(F)cc2)CC1. The van der Waals surface area contributed by atoms with Crippen molar-refractivity contribution in [2.24, 2.45) is 0 Å². The van der Waals surface area contributed by atoms with Crippen molar-refractivity contribution >= 4 is 0 Å². The molecular weight excluding hydrogens is 291 g/mol. The Morgan fingerprint density at radius 2 is 1.91 bits per heavy atom. The molecule has 0 amide bonds. The van der Waals surface area contributed by atoms with Crippen LogP contribution in [0.5, 0.6) is 0 Å². The number of piperidine rings is 1. The first-order valence-electron chi connectivity index (χ1n) is 8.44. The summed E-state index contributed by atoms with van der Waals surface area (Å²) < 4.78 is 13.0. The molecule has 1 fully saturated rings. The van der Waals surface area contributed by atoms with Gasteiger partial charge >= 0.3 is 0 Å². The molecule has 1 aliphatic heterocycles. The zero-order valence-corrected chi connectivity index (χ0v) is 14.5. The standard InChI is InChI=1S/C19H29FN2O/c1-15(2)8-11-22-12-9-18(10-13-22)21-14-19(3,23)16-4-6-17(20)7-5-16/h4-8,18,21,23H,9-14H2,1-3H3/t19-/m1/s1. The predicted molar refractivity (Wildman–Crippen MR) is 92.9 cm³/mol. The number of nitrogens with one attached hydrogen (secondary N) is 1. The Balaban J connectivity index is 1.78. The monoisotopic (exact) mass is 320 g/mol. The van der Waals surface area contributed by atoms with Crippen LogP contribution < -0.4 is 5.32 Å². The second kappa shape index (κ2) is 8.04. The van der Waals surface area contributed by atoms with E-state index in [4.69, 9.17) is 0 Å². The zero-order valence-electron chi connectivity index (χ0n) is 14.5. The fourth-order valence-electron chi connectivity index (χ4n) is 2.89. The molecule has 2 N–H and O–H groups in total. The van der Waals surface area contributed by atoms with E-state index < -0.39 is 5.60 Å². The van der Waals surface area contributed by atoms with E-state index in [2.05, 4.69) is 30.1 Å². The molecule has 0 unspecified atom stereocenters. The van der Waals surface area contributed by atoms with Crippen LogP contribution in [-0.4, -0.2) is 42.2 Å². The van der Waals surface area contributed by atoms with Crippen LogP contribution in [0.1, 0.15) is 39.2 Å². The average Bonchev–Trinajstić information content (AvgIpc) is 2.52. The first-order chi connectivity index (χ1) is 10.9. The minimum atomic E-state index is -0.979. The number of benzene rings is 1. The van der Waals surface area contributed by atoms with Gasteiger partial charge in [0.25, 0.3) is 0 Å². The van der Waals surface area contributed by atoms with Crippen molar-refractivity contribution in [3.8, 4) is 0 Å². The van der Waals surface area contributed by atoms with Gasteiger partial charge < -0.3 is 10.4 Å².